The van der Waals surface area contributed by atoms with Crippen LogP contribution in [-0.4, -0.2) is 24.9 Å². The summed E-state index contributed by atoms with van der Waals surface area (Å²) < 4.78 is 26.9. The fourth-order valence-electron chi connectivity index (χ4n) is 1.33. The summed E-state index contributed by atoms with van der Waals surface area (Å²) in [6.45, 7) is 1.39. The summed E-state index contributed by atoms with van der Waals surface area (Å²) >= 11 is 0. The molecule has 2 amide bonds. The van der Waals surface area contributed by atoms with Crippen molar-refractivity contribution in [3.8, 4) is 0 Å². The lowest BCUT2D eigenvalue weighted by molar-refractivity contribution is -0.122. The molecule has 0 saturated carbocycles. The SMILES string of the molecule is CNC(=O)C(C)NC(=O)c1c(F)ccc(N)c1F. The number of nitrogen functional groups attached to an aromatic ring is 1. The Morgan fingerprint density at radius 1 is 1.33 bits per heavy atom. The van der Waals surface area contributed by atoms with Gasteiger partial charge < -0.3 is 16.4 Å². The average molecular weight is 257 g/mol. The van der Waals surface area contributed by atoms with Gasteiger partial charge in [-0.3, -0.25) is 9.59 Å². The van der Waals surface area contributed by atoms with E-state index in [2.05, 4.69) is 10.6 Å². The Morgan fingerprint density at radius 2 is 1.94 bits per heavy atom. The second-order valence-corrected chi connectivity index (χ2v) is 3.63. The van der Waals surface area contributed by atoms with Crippen LogP contribution in [0.4, 0.5) is 14.5 Å². The largest absolute Gasteiger partial charge is 0.396 e. The molecule has 0 heterocycles. The zero-order valence-corrected chi connectivity index (χ0v) is 9.88. The third-order valence-corrected chi connectivity index (χ3v) is 2.34. The van der Waals surface area contributed by atoms with Gasteiger partial charge in [-0.15, -0.1) is 0 Å². The average Bonchev–Trinajstić information content (AvgIpc) is 2.33. The molecule has 1 unspecified atom stereocenters. The fourth-order valence-corrected chi connectivity index (χ4v) is 1.33. The molecule has 0 bridgehead atoms. The van der Waals surface area contributed by atoms with Crippen LogP contribution < -0.4 is 16.4 Å². The van der Waals surface area contributed by atoms with Crippen LogP contribution in [0.1, 0.15) is 17.3 Å². The molecule has 7 heteroatoms. The van der Waals surface area contributed by atoms with Crippen molar-refractivity contribution in [3.05, 3.63) is 29.3 Å². The number of hydrogen-bond donors (Lipinski definition) is 3. The summed E-state index contributed by atoms with van der Waals surface area (Å²) in [7, 11) is 1.38. The van der Waals surface area contributed by atoms with Crippen molar-refractivity contribution in [2.75, 3.05) is 12.8 Å². The number of carbonyl (C=O) groups is 2. The van der Waals surface area contributed by atoms with Gasteiger partial charge in [0, 0.05) is 7.05 Å². The van der Waals surface area contributed by atoms with Crippen molar-refractivity contribution in [2.45, 2.75) is 13.0 Å². The first-order valence-electron chi connectivity index (χ1n) is 5.14. The summed E-state index contributed by atoms with van der Waals surface area (Å²) in [5.41, 5.74) is 4.10. The Labute approximate surface area is 102 Å². The minimum atomic E-state index is -1.14. The fraction of sp³-hybridized carbons (Fsp3) is 0.273. The van der Waals surface area contributed by atoms with Crippen LogP contribution in [-0.2, 0) is 4.79 Å². The van der Waals surface area contributed by atoms with Gasteiger partial charge in [0.05, 0.1) is 5.69 Å². The molecule has 1 aromatic rings. The van der Waals surface area contributed by atoms with Gasteiger partial charge in [-0.1, -0.05) is 0 Å². The van der Waals surface area contributed by atoms with Gasteiger partial charge in [0.25, 0.3) is 5.91 Å². The van der Waals surface area contributed by atoms with Gasteiger partial charge in [0.15, 0.2) is 5.82 Å². The number of carbonyl (C=O) groups excluding carboxylic acids is 2. The van der Waals surface area contributed by atoms with Crippen LogP contribution in [0.15, 0.2) is 12.1 Å². The van der Waals surface area contributed by atoms with E-state index < -0.39 is 35.1 Å². The lowest BCUT2D eigenvalue weighted by atomic mass is 10.1. The highest BCUT2D eigenvalue weighted by atomic mass is 19.1. The van der Waals surface area contributed by atoms with Crippen LogP contribution in [0.5, 0.6) is 0 Å². The van der Waals surface area contributed by atoms with Gasteiger partial charge in [-0.05, 0) is 19.1 Å². The molecule has 0 aliphatic heterocycles. The van der Waals surface area contributed by atoms with Crippen LogP contribution in [0.25, 0.3) is 0 Å². The van der Waals surface area contributed by atoms with Crippen molar-refractivity contribution in [1.82, 2.24) is 10.6 Å². The third kappa shape index (κ3) is 2.73. The van der Waals surface area contributed by atoms with Crippen LogP contribution in [0, 0.1) is 11.6 Å². The van der Waals surface area contributed by atoms with E-state index in [9.17, 15) is 18.4 Å². The maximum absolute atomic E-state index is 13.5. The summed E-state index contributed by atoms with van der Waals surface area (Å²) in [6, 6.07) is 0.990. The van der Waals surface area contributed by atoms with Gasteiger partial charge in [0.2, 0.25) is 5.91 Å². The number of amides is 2. The van der Waals surface area contributed by atoms with Gasteiger partial charge in [-0.2, -0.15) is 0 Å². The maximum atomic E-state index is 13.5. The monoisotopic (exact) mass is 257 g/mol. The first-order valence-corrected chi connectivity index (χ1v) is 5.14. The number of nitrogens with two attached hydrogens (primary N) is 1. The number of likely N-dealkylation sites (N-methyl/N-ethyl adjacent to an activating group) is 1. The van der Waals surface area contributed by atoms with E-state index in [0.29, 0.717) is 0 Å². The topological polar surface area (TPSA) is 84.2 Å². The van der Waals surface area contributed by atoms with Crippen molar-refractivity contribution in [1.29, 1.82) is 0 Å². The molecule has 0 aliphatic carbocycles. The standard InChI is InChI=1S/C11H13F2N3O2/c1-5(10(17)15-2)16-11(18)8-6(12)3-4-7(14)9(8)13/h3-5H,14H2,1-2H3,(H,15,17)(H,16,18). The Hall–Kier alpha value is -2.18. The molecule has 0 aromatic heterocycles. The summed E-state index contributed by atoms with van der Waals surface area (Å²) in [6.07, 6.45) is 0. The summed E-state index contributed by atoms with van der Waals surface area (Å²) in [5.74, 6) is -3.69. The molecule has 1 rings (SSSR count). The van der Waals surface area contributed by atoms with Crippen LogP contribution in [0.2, 0.25) is 0 Å². The predicted octanol–water partition coefficient (Wildman–Crippen LogP) is 0.411. The number of halogens is 2. The molecule has 5 nitrogen and oxygen atoms in total. The summed E-state index contributed by atoms with van der Waals surface area (Å²) in [4.78, 5) is 22.8. The lowest BCUT2D eigenvalue weighted by Crippen LogP contribution is -2.44. The number of nitrogens with one attached hydrogen (secondary N) is 2. The zero-order chi connectivity index (χ0) is 13.9. The Balaban J connectivity index is 2.98. The zero-order valence-electron chi connectivity index (χ0n) is 9.88. The minimum absolute atomic E-state index is 0.339. The molecule has 0 radical (unpaired) electrons. The Bertz CT molecular complexity index is 491. The van der Waals surface area contributed by atoms with Crippen LogP contribution in [0.3, 0.4) is 0 Å². The third-order valence-electron chi connectivity index (χ3n) is 2.34. The second-order valence-electron chi connectivity index (χ2n) is 3.63. The molecule has 98 valence electrons. The van der Waals surface area contributed by atoms with Crippen molar-refractivity contribution >= 4 is 17.5 Å². The number of benzene rings is 1. The molecule has 4 N–H and O–H groups in total. The number of rotatable bonds is 3. The molecule has 1 aromatic carbocycles. The van der Waals surface area contributed by atoms with Gasteiger partial charge in [-0.25, -0.2) is 8.78 Å². The van der Waals surface area contributed by atoms with E-state index >= 15 is 0 Å². The van der Waals surface area contributed by atoms with Gasteiger partial charge in [0.1, 0.15) is 17.4 Å². The molecular weight excluding hydrogens is 244 g/mol. The number of anilines is 1. The Morgan fingerprint density at radius 3 is 2.50 bits per heavy atom. The molecule has 18 heavy (non-hydrogen) atoms. The minimum Gasteiger partial charge on any atom is -0.396 e. The van der Waals surface area contributed by atoms with Crippen LogP contribution >= 0.6 is 0 Å². The van der Waals surface area contributed by atoms with E-state index in [1.807, 2.05) is 0 Å². The maximum Gasteiger partial charge on any atom is 0.257 e. The van der Waals surface area contributed by atoms with Crippen molar-refractivity contribution in [2.24, 2.45) is 0 Å². The van der Waals surface area contributed by atoms with E-state index in [4.69, 9.17) is 5.73 Å². The first-order chi connectivity index (χ1) is 8.38. The normalized spacial score (nSPS) is 11.8. The highest BCUT2D eigenvalue weighted by molar-refractivity contribution is 5.98. The molecule has 0 saturated heterocycles. The molecule has 0 spiro atoms. The molecule has 1 atom stereocenters. The van der Waals surface area contributed by atoms with Crippen molar-refractivity contribution in [3.63, 3.8) is 0 Å². The van der Waals surface area contributed by atoms with E-state index in [1.165, 1.54) is 14.0 Å². The van der Waals surface area contributed by atoms with E-state index in [0.717, 1.165) is 12.1 Å². The second kappa shape index (κ2) is 5.44. The van der Waals surface area contributed by atoms with E-state index in [-0.39, 0.29) is 5.69 Å². The highest BCUT2D eigenvalue weighted by Gasteiger charge is 2.22. The molecule has 0 fully saturated rings. The lowest BCUT2D eigenvalue weighted by Gasteiger charge is -2.13. The quantitative estimate of drug-likeness (QED) is 0.686. The molecule has 0 aliphatic rings. The van der Waals surface area contributed by atoms with Crippen molar-refractivity contribution < 1.29 is 18.4 Å². The molecular formula is C11H13F2N3O2. The first kappa shape index (κ1) is 13.9. The highest BCUT2D eigenvalue weighted by Crippen LogP contribution is 2.18. The van der Waals surface area contributed by atoms with Gasteiger partial charge >= 0.3 is 0 Å². The predicted molar refractivity (Wildman–Crippen MR) is 61.8 cm³/mol. The van der Waals surface area contributed by atoms with E-state index in [1.54, 1.807) is 0 Å². The number of hydrogen-bond acceptors (Lipinski definition) is 3. The summed E-state index contributed by atoms with van der Waals surface area (Å²) in [5, 5.41) is 4.47. The Kier molecular flexibility index (Phi) is 4.19. The smallest absolute Gasteiger partial charge is 0.257 e.